The minimum atomic E-state index is -0.0667. The van der Waals surface area contributed by atoms with Crippen LogP contribution in [0, 0.1) is 5.92 Å². The number of nitrogens with two attached hydrogens (primary N) is 1. The molecule has 2 rings (SSSR count). The molecule has 2 N–H and O–H groups in total. The highest BCUT2D eigenvalue weighted by Gasteiger charge is 2.27. The number of rotatable bonds is 3. The molecule has 1 saturated carbocycles. The molecule has 1 atom stereocenters. The van der Waals surface area contributed by atoms with Gasteiger partial charge in [-0.25, -0.2) is 4.98 Å². The van der Waals surface area contributed by atoms with Crippen LogP contribution >= 0.6 is 11.3 Å². The van der Waals surface area contributed by atoms with E-state index in [1.165, 1.54) is 17.8 Å². The fourth-order valence-corrected chi connectivity index (χ4v) is 2.26. The molecule has 1 aliphatic carbocycles. The van der Waals surface area contributed by atoms with Crippen LogP contribution < -0.4 is 5.73 Å². The average molecular weight is 210 g/mol. The van der Waals surface area contributed by atoms with Gasteiger partial charge in [-0.3, -0.25) is 4.79 Å². The third-order valence-electron chi connectivity index (χ3n) is 2.64. The van der Waals surface area contributed by atoms with Gasteiger partial charge in [0.15, 0.2) is 5.78 Å². The first kappa shape index (κ1) is 9.80. The summed E-state index contributed by atoms with van der Waals surface area (Å²) in [6.07, 6.45) is 3.24. The highest BCUT2D eigenvalue weighted by Crippen LogP contribution is 2.30. The summed E-state index contributed by atoms with van der Waals surface area (Å²) in [7, 11) is 0. The minimum Gasteiger partial charge on any atom is -0.322 e. The third-order valence-corrected chi connectivity index (χ3v) is 3.69. The Hall–Kier alpha value is -0.740. The van der Waals surface area contributed by atoms with Crippen LogP contribution in [0.5, 0.6) is 0 Å². The lowest BCUT2D eigenvalue weighted by Crippen LogP contribution is -2.22. The summed E-state index contributed by atoms with van der Waals surface area (Å²) in [5.74, 6) is 0.442. The van der Waals surface area contributed by atoms with E-state index in [-0.39, 0.29) is 17.7 Å². The maximum atomic E-state index is 11.8. The van der Waals surface area contributed by atoms with Crippen LogP contribution in [0.4, 0.5) is 0 Å². The van der Waals surface area contributed by atoms with Gasteiger partial charge in [-0.1, -0.05) is 6.42 Å². The standard InChI is InChI=1S/C10H14N2OS/c1-6(11)10-12-8(5-14-10)9(13)7-3-2-4-7/h5-7H,2-4,11H2,1H3. The molecule has 3 nitrogen and oxygen atoms in total. The molecule has 1 aromatic heterocycles. The Balaban J connectivity index is 2.11. The smallest absolute Gasteiger partial charge is 0.185 e. The fourth-order valence-electron chi connectivity index (χ4n) is 1.49. The lowest BCUT2D eigenvalue weighted by atomic mass is 9.81. The number of carbonyl (C=O) groups is 1. The quantitative estimate of drug-likeness (QED) is 0.778. The zero-order valence-corrected chi connectivity index (χ0v) is 9.01. The first-order valence-corrected chi connectivity index (χ1v) is 5.81. The predicted octanol–water partition coefficient (Wildman–Crippen LogP) is 2.15. The highest BCUT2D eigenvalue weighted by molar-refractivity contribution is 7.09. The molecule has 0 aliphatic heterocycles. The van der Waals surface area contributed by atoms with Crippen molar-refractivity contribution >= 4 is 17.1 Å². The van der Waals surface area contributed by atoms with Crippen molar-refractivity contribution in [2.24, 2.45) is 11.7 Å². The van der Waals surface area contributed by atoms with E-state index in [2.05, 4.69) is 4.98 Å². The largest absolute Gasteiger partial charge is 0.322 e. The van der Waals surface area contributed by atoms with Crippen molar-refractivity contribution in [3.8, 4) is 0 Å². The van der Waals surface area contributed by atoms with Gasteiger partial charge < -0.3 is 5.73 Å². The number of Topliss-reactive ketones (excluding diaryl/α,β-unsaturated/α-hetero) is 1. The molecular weight excluding hydrogens is 196 g/mol. The summed E-state index contributed by atoms with van der Waals surface area (Å²) in [4.78, 5) is 16.0. The molecule has 0 bridgehead atoms. The van der Waals surface area contributed by atoms with Crippen LogP contribution in [0.1, 0.15) is 47.7 Å². The summed E-state index contributed by atoms with van der Waals surface area (Å²) >= 11 is 1.48. The molecule has 0 radical (unpaired) electrons. The molecule has 1 aromatic rings. The van der Waals surface area contributed by atoms with Gasteiger partial charge in [-0.15, -0.1) is 11.3 Å². The van der Waals surface area contributed by atoms with Crippen molar-refractivity contribution in [2.45, 2.75) is 32.2 Å². The Morgan fingerprint density at radius 2 is 2.43 bits per heavy atom. The van der Waals surface area contributed by atoms with E-state index >= 15 is 0 Å². The van der Waals surface area contributed by atoms with Gasteiger partial charge in [-0.05, 0) is 19.8 Å². The minimum absolute atomic E-state index is 0.0667. The van der Waals surface area contributed by atoms with Gasteiger partial charge in [-0.2, -0.15) is 0 Å². The highest BCUT2D eigenvalue weighted by atomic mass is 32.1. The summed E-state index contributed by atoms with van der Waals surface area (Å²) in [5, 5.41) is 2.69. The Labute approximate surface area is 87.3 Å². The predicted molar refractivity (Wildman–Crippen MR) is 56.4 cm³/mol. The Morgan fingerprint density at radius 3 is 2.86 bits per heavy atom. The average Bonchev–Trinajstić information content (AvgIpc) is 2.48. The number of ketones is 1. The molecule has 0 amide bonds. The lowest BCUT2D eigenvalue weighted by molar-refractivity contribution is 0.0850. The number of thiazole rings is 1. The molecule has 1 aliphatic rings. The van der Waals surface area contributed by atoms with Gasteiger partial charge >= 0.3 is 0 Å². The van der Waals surface area contributed by atoms with Crippen LogP contribution in [0.25, 0.3) is 0 Å². The van der Waals surface area contributed by atoms with Crippen molar-refractivity contribution in [3.05, 3.63) is 16.1 Å². The van der Waals surface area contributed by atoms with Gasteiger partial charge in [0.25, 0.3) is 0 Å². The molecule has 1 unspecified atom stereocenters. The molecule has 4 heteroatoms. The van der Waals surface area contributed by atoms with Crippen LogP contribution in [0.2, 0.25) is 0 Å². The monoisotopic (exact) mass is 210 g/mol. The number of carbonyl (C=O) groups excluding carboxylic acids is 1. The Morgan fingerprint density at radius 1 is 1.71 bits per heavy atom. The van der Waals surface area contributed by atoms with Crippen LogP contribution in [0.15, 0.2) is 5.38 Å². The zero-order valence-electron chi connectivity index (χ0n) is 8.19. The molecule has 14 heavy (non-hydrogen) atoms. The third kappa shape index (κ3) is 1.72. The van der Waals surface area contributed by atoms with E-state index in [1.807, 2.05) is 12.3 Å². The lowest BCUT2D eigenvalue weighted by Gasteiger charge is -2.22. The maximum Gasteiger partial charge on any atom is 0.185 e. The number of hydrogen-bond donors (Lipinski definition) is 1. The van der Waals surface area contributed by atoms with Gasteiger partial charge in [0, 0.05) is 11.3 Å². The van der Waals surface area contributed by atoms with Crippen molar-refractivity contribution in [3.63, 3.8) is 0 Å². The van der Waals surface area contributed by atoms with E-state index in [0.717, 1.165) is 17.8 Å². The summed E-state index contributed by atoms with van der Waals surface area (Å²) < 4.78 is 0. The van der Waals surface area contributed by atoms with E-state index in [9.17, 15) is 4.79 Å². The SMILES string of the molecule is CC(N)c1nc(C(=O)C2CCC2)cs1. The molecular formula is C10H14N2OS. The second-order valence-corrected chi connectivity index (χ2v) is 4.74. The van der Waals surface area contributed by atoms with Crippen LogP contribution in [-0.4, -0.2) is 10.8 Å². The maximum absolute atomic E-state index is 11.8. The van der Waals surface area contributed by atoms with Gasteiger partial charge in [0.2, 0.25) is 0 Å². The summed E-state index contributed by atoms with van der Waals surface area (Å²) in [6.45, 7) is 1.89. The molecule has 0 spiro atoms. The second kappa shape index (κ2) is 3.79. The van der Waals surface area contributed by atoms with E-state index in [4.69, 9.17) is 5.73 Å². The summed E-state index contributed by atoms with van der Waals surface area (Å²) in [5.41, 5.74) is 6.30. The van der Waals surface area contributed by atoms with Crippen LogP contribution in [0.3, 0.4) is 0 Å². The number of nitrogens with zero attached hydrogens (tertiary/aromatic N) is 1. The van der Waals surface area contributed by atoms with E-state index in [0.29, 0.717) is 5.69 Å². The van der Waals surface area contributed by atoms with Crippen molar-refractivity contribution < 1.29 is 4.79 Å². The Kier molecular flexibility index (Phi) is 2.65. The zero-order chi connectivity index (χ0) is 10.1. The topological polar surface area (TPSA) is 56.0 Å². The van der Waals surface area contributed by atoms with Crippen molar-refractivity contribution in [1.29, 1.82) is 0 Å². The number of hydrogen-bond acceptors (Lipinski definition) is 4. The summed E-state index contributed by atoms with van der Waals surface area (Å²) in [6, 6.07) is -0.0667. The van der Waals surface area contributed by atoms with Crippen molar-refractivity contribution in [2.75, 3.05) is 0 Å². The van der Waals surface area contributed by atoms with Crippen molar-refractivity contribution in [1.82, 2.24) is 4.98 Å². The molecule has 1 fully saturated rings. The molecule has 76 valence electrons. The number of aromatic nitrogens is 1. The van der Waals surface area contributed by atoms with Gasteiger partial charge in [0.05, 0.1) is 6.04 Å². The van der Waals surface area contributed by atoms with Gasteiger partial charge in [0.1, 0.15) is 10.7 Å². The van der Waals surface area contributed by atoms with Crippen LogP contribution in [-0.2, 0) is 0 Å². The second-order valence-electron chi connectivity index (χ2n) is 3.85. The first-order chi connectivity index (χ1) is 6.68. The first-order valence-electron chi connectivity index (χ1n) is 4.93. The molecule has 0 aromatic carbocycles. The molecule has 0 saturated heterocycles. The van der Waals surface area contributed by atoms with E-state index in [1.54, 1.807) is 0 Å². The Bertz CT molecular complexity index is 342. The molecule has 1 heterocycles. The fraction of sp³-hybridized carbons (Fsp3) is 0.600. The van der Waals surface area contributed by atoms with E-state index < -0.39 is 0 Å². The normalized spacial score (nSPS) is 19.0.